The van der Waals surface area contributed by atoms with E-state index in [1.54, 1.807) is 17.8 Å². The zero-order chi connectivity index (χ0) is 14.5. The first-order valence-electron chi connectivity index (χ1n) is 6.44. The van der Waals surface area contributed by atoms with Gasteiger partial charge in [0.05, 0.1) is 0 Å². The fourth-order valence-electron chi connectivity index (χ4n) is 1.86. The van der Waals surface area contributed by atoms with Crippen LogP contribution in [-0.2, 0) is 5.75 Å². The number of thioether (sulfide) groups is 1. The van der Waals surface area contributed by atoms with E-state index in [1.165, 1.54) is 11.6 Å². The van der Waals surface area contributed by atoms with Crippen molar-refractivity contribution >= 4 is 27.7 Å². The average molecular weight is 354 g/mol. The highest BCUT2D eigenvalue weighted by molar-refractivity contribution is 9.10. The minimum Gasteiger partial charge on any atom is -0.313 e. The molecule has 1 nitrogen and oxygen atoms in total. The van der Waals surface area contributed by atoms with Crippen LogP contribution in [0.3, 0.4) is 0 Å². The first kappa shape index (κ1) is 15.5. The first-order valence-corrected chi connectivity index (χ1v) is 8.22. The summed E-state index contributed by atoms with van der Waals surface area (Å²) >= 11 is 5.03. The minimum atomic E-state index is -0.152. The number of hydrogen-bond acceptors (Lipinski definition) is 2. The lowest BCUT2D eigenvalue weighted by molar-refractivity contribution is 0.617. The van der Waals surface area contributed by atoms with Crippen LogP contribution in [0.2, 0.25) is 0 Å². The van der Waals surface area contributed by atoms with E-state index in [2.05, 4.69) is 46.4 Å². The summed E-state index contributed by atoms with van der Waals surface area (Å²) in [6.45, 7) is 2.12. The lowest BCUT2D eigenvalue weighted by Gasteiger charge is -2.12. The molecular weight excluding hydrogens is 337 g/mol. The Kier molecular flexibility index (Phi) is 5.64. The molecule has 2 aromatic rings. The third-order valence-electron chi connectivity index (χ3n) is 3.19. The molecule has 0 bridgehead atoms. The highest BCUT2D eigenvalue weighted by Gasteiger charge is 2.06. The van der Waals surface area contributed by atoms with Crippen LogP contribution in [0.15, 0.2) is 51.8 Å². The van der Waals surface area contributed by atoms with E-state index in [0.29, 0.717) is 11.8 Å². The van der Waals surface area contributed by atoms with Crippen molar-refractivity contribution in [3.8, 4) is 0 Å². The van der Waals surface area contributed by atoms with Gasteiger partial charge in [-0.05, 0) is 55.4 Å². The quantitative estimate of drug-likeness (QED) is 0.745. The molecule has 0 spiro atoms. The third-order valence-corrected chi connectivity index (χ3v) is 4.73. The summed E-state index contributed by atoms with van der Waals surface area (Å²) in [5, 5.41) is 3.22. The summed E-state index contributed by atoms with van der Waals surface area (Å²) in [5.74, 6) is 0.475. The standard InChI is InChI=1S/C16H17BrFNS/c1-11(19-2)12-4-3-5-15(9-12)20-10-13-8-14(17)6-7-16(13)18/h3-9,11,19H,10H2,1-2H3. The summed E-state index contributed by atoms with van der Waals surface area (Å²) in [6, 6.07) is 13.7. The van der Waals surface area contributed by atoms with E-state index in [1.807, 2.05) is 19.2 Å². The Bertz CT molecular complexity index is 588. The smallest absolute Gasteiger partial charge is 0.127 e. The second-order valence-electron chi connectivity index (χ2n) is 4.61. The van der Waals surface area contributed by atoms with E-state index in [9.17, 15) is 4.39 Å². The Balaban J connectivity index is 2.09. The summed E-state index contributed by atoms with van der Waals surface area (Å²) in [5.41, 5.74) is 1.96. The van der Waals surface area contributed by atoms with E-state index in [4.69, 9.17) is 0 Å². The van der Waals surface area contributed by atoms with Crippen molar-refractivity contribution in [2.24, 2.45) is 0 Å². The molecular formula is C16H17BrFNS. The molecule has 20 heavy (non-hydrogen) atoms. The molecule has 0 heterocycles. The van der Waals surface area contributed by atoms with Crippen LogP contribution < -0.4 is 5.32 Å². The number of benzene rings is 2. The van der Waals surface area contributed by atoms with Crippen LogP contribution >= 0.6 is 27.7 Å². The molecule has 0 aliphatic carbocycles. The Morgan fingerprint density at radius 2 is 2.05 bits per heavy atom. The number of rotatable bonds is 5. The van der Waals surface area contributed by atoms with Gasteiger partial charge in [-0.2, -0.15) is 0 Å². The van der Waals surface area contributed by atoms with Crippen molar-refractivity contribution < 1.29 is 4.39 Å². The molecule has 0 radical (unpaired) electrons. The molecule has 0 amide bonds. The van der Waals surface area contributed by atoms with Crippen molar-refractivity contribution in [2.75, 3.05) is 7.05 Å². The van der Waals surface area contributed by atoms with E-state index in [-0.39, 0.29) is 5.82 Å². The van der Waals surface area contributed by atoms with Crippen LogP contribution in [0.4, 0.5) is 4.39 Å². The maximum Gasteiger partial charge on any atom is 0.127 e. The Labute approximate surface area is 132 Å². The van der Waals surface area contributed by atoms with Crippen molar-refractivity contribution in [1.82, 2.24) is 5.32 Å². The normalized spacial score (nSPS) is 12.4. The molecule has 1 unspecified atom stereocenters. The summed E-state index contributed by atoms with van der Waals surface area (Å²) in [4.78, 5) is 1.16. The Hall–Kier alpha value is -0.840. The van der Waals surface area contributed by atoms with Crippen LogP contribution in [0, 0.1) is 5.82 Å². The highest BCUT2D eigenvalue weighted by atomic mass is 79.9. The average Bonchev–Trinajstić information content (AvgIpc) is 2.47. The molecule has 1 N–H and O–H groups in total. The molecule has 106 valence electrons. The van der Waals surface area contributed by atoms with Crippen LogP contribution in [0.25, 0.3) is 0 Å². The first-order chi connectivity index (χ1) is 9.60. The van der Waals surface area contributed by atoms with Crippen LogP contribution in [-0.4, -0.2) is 7.05 Å². The number of halogens is 2. The predicted molar refractivity (Wildman–Crippen MR) is 87.6 cm³/mol. The molecule has 4 heteroatoms. The summed E-state index contributed by atoms with van der Waals surface area (Å²) in [7, 11) is 1.95. The number of hydrogen-bond donors (Lipinski definition) is 1. The topological polar surface area (TPSA) is 12.0 Å². The lowest BCUT2D eigenvalue weighted by Crippen LogP contribution is -2.11. The van der Waals surface area contributed by atoms with Crippen molar-refractivity contribution in [3.63, 3.8) is 0 Å². The van der Waals surface area contributed by atoms with E-state index in [0.717, 1.165) is 14.9 Å². The van der Waals surface area contributed by atoms with Gasteiger partial charge in [0.25, 0.3) is 0 Å². The van der Waals surface area contributed by atoms with Gasteiger partial charge in [0.2, 0.25) is 0 Å². The Morgan fingerprint density at radius 1 is 1.25 bits per heavy atom. The van der Waals surface area contributed by atoms with Crippen LogP contribution in [0.1, 0.15) is 24.1 Å². The zero-order valence-corrected chi connectivity index (χ0v) is 13.9. The molecule has 0 aliphatic heterocycles. The van der Waals surface area contributed by atoms with Crippen molar-refractivity contribution in [1.29, 1.82) is 0 Å². The van der Waals surface area contributed by atoms with Gasteiger partial charge in [0.1, 0.15) is 5.82 Å². The van der Waals surface area contributed by atoms with Crippen molar-refractivity contribution in [2.45, 2.75) is 23.6 Å². The summed E-state index contributed by atoms with van der Waals surface area (Å²) in [6.07, 6.45) is 0. The van der Waals surface area contributed by atoms with Gasteiger partial charge in [-0.15, -0.1) is 11.8 Å². The van der Waals surface area contributed by atoms with E-state index < -0.39 is 0 Å². The fraction of sp³-hybridized carbons (Fsp3) is 0.250. The highest BCUT2D eigenvalue weighted by Crippen LogP contribution is 2.27. The molecule has 2 rings (SSSR count). The van der Waals surface area contributed by atoms with Gasteiger partial charge in [-0.1, -0.05) is 28.1 Å². The molecule has 0 aliphatic rings. The Morgan fingerprint density at radius 3 is 2.80 bits per heavy atom. The van der Waals surface area contributed by atoms with Gasteiger partial charge in [-0.3, -0.25) is 0 Å². The van der Waals surface area contributed by atoms with Crippen LogP contribution in [0.5, 0.6) is 0 Å². The van der Waals surface area contributed by atoms with Gasteiger partial charge in [0, 0.05) is 21.2 Å². The molecule has 1 atom stereocenters. The van der Waals surface area contributed by atoms with E-state index >= 15 is 0 Å². The third kappa shape index (κ3) is 4.08. The SMILES string of the molecule is CNC(C)c1cccc(SCc2cc(Br)ccc2F)c1. The zero-order valence-electron chi connectivity index (χ0n) is 11.5. The fourth-order valence-corrected chi connectivity index (χ4v) is 3.20. The monoisotopic (exact) mass is 353 g/mol. The second kappa shape index (κ2) is 7.25. The number of nitrogens with one attached hydrogen (secondary N) is 1. The molecule has 0 saturated heterocycles. The summed E-state index contributed by atoms with van der Waals surface area (Å²) < 4.78 is 14.6. The minimum absolute atomic E-state index is 0.152. The maximum absolute atomic E-state index is 13.7. The van der Waals surface area contributed by atoms with Gasteiger partial charge >= 0.3 is 0 Å². The molecule has 0 fully saturated rings. The molecule has 2 aromatic carbocycles. The maximum atomic E-state index is 13.7. The van der Waals surface area contributed by atoms with Gasteiger partial charge in [0.15, 0.2) is 0 Å². The van der Waals surface area contributed by atoms with Gasteiger partial charge in [-0.25, -0.2) is 4.39 Å². The lowest BCUT2D eigenvalue weighted by atomic mass is 10.1. The largest absolute Gasteiger partial charge is 0.313 e. The van der Waals surface area contributed by atoms with Gasteiger partial charge < -0.3 is 5.32 Å². The molecule has 0 saturated carbocycles. The van der Waals surface area contributed by atoms with Crippen molar-refractivity contribution in [3.05, 3.63) is 63.9 Å². The predicted octanol–water partition coefficient (Wildman–Crippen LogP) is 5.16. The molecule has 0 aromatic heterocycles. The second-order valence-corrected chi connectivity index (χ2v) is 6.57.